The summed E-state index contributed by atoms with van der Waals surface area (Å²) in [7, 11) is -6.84. The first-order valence-corrected chi connectivity index (χ1v) is 34.4. The SMILES string of the molecule is CCC1O[Si](C)(C)CCC[Si]2(CCCP(C3CCCCC3)C3CCCCC3)CCC[Si](C)(C)OC(CC)C1(C)O[Si](C)(C)CCC2. The van der Waals surface area contributed by atoms with Crippen molar-refractivity contribution in [1.29, 1.82) is 0 Å². The highest BCUT2D eigenvalue weighted by Gasteiger charge is 2.50. The van der Waals surface area contributed by atoms with E-state index >= 15 is 0 Å². The minimum atomic E-state index is -1.93. The molecule has 2 saturated heterocycles. The fourth-order valence-corrected chi connectivity index (χ4v) is 28.3. The Kier molecular flexibility index (Phi) is 15.3. The molecule has 4 rings (SSSR count). The Bertz CT molecular complexity index is 852. The predicted octanol–water partition coefficient (Wildman–Crippen LogP) is 13.2. The van der Waals surface area contributed by atoms with Crippen molar-refractivity contribution in [2.75, 3.05) is 6.16 Å². The summed E-state index contributed by atoms with van der Waals surface area (Å²) in [5.74, 6) is 0. The Morgan fingerprint density at radius 3 is 1.39 bits per heavy atom. The summed E-state index contributed by atoms with van der Waals surface area (Å²) < 4.78 is 22.3. The molecule has 2 saturated carbocycles. The average molecular weight is 727 g/mol. The third-order valence-corrected chi connectivity index (χ3v) is 30.0. The molecule has 2 aliphatic heterocycles. The maximum absolute atomic E-state index is 7.57. The second-order valence-electron chi connectivity index (χ2n) is 18.6. The molecule has 2 unspecified atom stereocenters. The van der Waals surface area contributed by atoms with Crippen LogP contribution >= 0.6 is 7.92 Å². The number of hydrogen-bond acceptors (Lipinski definition) is 3. The Balaban J connectivity index is 1.63. The van der Waals surface area contributed by atoms with Gasteiger partial charge in [0, 0.05) is 0 Å². The van der Waals surface area contributed by atoms with Gasteiger partial charge in [0.15, 0.2) is 25.0 Å². The fraction of sp³-hybridized carbons (Fsp3) is 1.00. The second kappa shape index (κ2) is 17.6. The van der Waals surface area contributed by atoms with Crippen molar-refractivity contribution in [1.82, 2.24) is 0 Å². The lowest BCUT2D eigenvalue weighted by molar-refractivity contribution is -0.111. The van der Waals surface area contributed by atoms with Crippen LogP contribution in [0, 0.1) is 0 Å². The van der Waals surface area contributed by atoms with Gasteiger partial charge in [-0.1, -0.05) is 102 Å². The third-order valence-electron chi connectivity index (χ3n) is 13.1. The molecule has 270 valence electrons. The van der Waals surface area contributed by atoms with Crippen molar-refractivity contribution >= 4 is 40.9 Å². The normalized spacial score (nSPS) is 35.6. The highest BCUT2D eigenvalue weighted by molar-refractivity contribution is 7.59. The van der Waals surface area contributed by atoms with E-state index in [-0.39, 0.29) is 25.7 Å². The van der Waals surface area contributed by atoms with Crippen molar-refractivity contribution in [3.05, 3.63) is 0 Å². The van der Waals surface area contributed by atoms with Crippen molar-refractivity contribution in [2.45, 2.75) is 234 Å². The van der Waals surface area contributed by atoms with Gasteiger partial charge in [-0.05, 0) is 120 Å². The summed E-state index contributed by atoms with van der Waals surface area (Å²) in [5.41, 5.74) is 1.85. The zero-order valence-corrected chi connectivity index (χ0v) is 37.3. The average Bonchev–Trinajstić information content (AvgIpc) is 3.01. The Morgan fingerprint density at radius 2 is 0.978 bits per heavy atom. The number of fused-ring (bicyclic) bond motifs is 6. The van der Waals surface area contributed by atoms with Gasteiger partial charge in [0.2, 0.25) is 0 Å². The molecule has 2 aliphatic carbocycles. The van der Waals surface area contributed by atoms with Gasteiger partial charge in [-0.25, -0.2) is 0 Å². The van der Waals surface area contributed by atoms with Crippen molar-refractivity contribution in [2.24, 2.45) is 0 Å². The summed E-state index contributed by atoms with van der Waals surface area (Å²) in [6, 6.07) is 10.3. The molecule has 3 nitrogen and oxygen atoms in total. The predicted molar refractivity (Wildman–Crippen MR) is 216 cm³/mol. The molecule has 2 atom stereocenters. The van der Waals surface area contributed by atoms with Crippen LogP contribution < -0.4 is 0 Å². The van der Waals surface area contributed by atoms with Crippen molar-refractivity contribution in [3.63, 3.8) is 0 Å². The van der Waals surface area contributed by atoms with Crippen LogP contribution in [-0.2, 0) is 13.3 Å². The number of rotatable bonds is 8. The maximum Gasteiger partial charge on any atom is 0.187 e. The van der Waals surface area contributed by atoms with Gasteiger partial charge in [-0.2, -0.15) is 0 Å². The van der Waals surface area contributed by atoms with Crippen LogP contribution in [0.3, 0.4) is 0 Å². The summed E-state index contributed by atoms with van der Waals surface area (Å²) in [5, 5.41) is 0. The minimum Gasteiger partial charge on any atom is -0.411 e. The molecule has 2 heterocycles. The van der Waals surface area contributed by atoms with Crippen molar-refractivity contribution in [3.8, 4) is 0 Å². The highest BCUT2D eigenvalue weighted by atomic mass is 31.1. The standard InChI is InChI=1S/C38H79O3PSi4/c1-10-36-38(3)37(11-2)40-44(6,7)28-20-32-46(31-19-27-43(4,5)39-36,33-21-29-45(8,9)41-38)30-18-26-42(34-22-14-12-15-23-34)35-24-16-13-17-25-35/h34-37H,10-33H2,1-9H3. The monoisotopic (exact) mass is 726 g/mol. The highest BCUT2D eigenvalue weighted by Crippen LogP contribution is 2.56. The van der Waals surface area contributed by atoms with Crippen LogP contribution in [0.15, 0.2) is 0 Å². The molecule has 0 N–H and O–H groups in total. The first-order valence-electron chi connectivity index (χ1n) is 20.5. The van der Waals surface area contributed by atoms with E-state index in [4.69, 9.17) is 13.3 Å². The van der Waals surface area contributed by atoms with Crippen LogP contribution in [0.1, 0.15) is 124 Å². The molecule has 4 aliphatic rings. The Morgan fingerprint density at radius 1 is 0.565 bits per heavy atom. The van der Waals surface area contributed by atoms with E-state index in [2.05, 4.69) is 60.1 Å². The Hall–Kier alpha value is 1.18. The van der Waals surface area contributed by atoms with E-state index in [0.717, 1.165) is 24.2 Å². The van der Waals surface area contributed by atoms with Crippen LogP contribution in [-0.4, -0.2) is 68.3 Å². The smallest absolute Gasteiger partial charge is 0.187 e. The molecular weight excluding hydrogens is 648 g/mol. The van der Waals surface area contributed by atoms with Crippen LogP contribution in [0.2, 0.25) is 81.6 Å². The number of hydrogen-bond donors (Lipinski definition) is 0. The lowest BCUT2D eigenvalue weighted by Gasteiger charge is -2.50. The van der Waals surface area contributed by atoms with Gasteiger partial charge >= 0.3 is 0 Å². The van der Waals surface area contributed by atoms with Gasteiger partial charge in [0.1, 0.15) is 5.60 Å². The van der Waals surface area contributed by atoms with E-state index < -0.39 is 33.0 Å². The van der Waals surface area contributed by atoms with E-state index in [1.807, 2.05) is 0 Å². The molecule has 46 heavy (non-hydrogen) atoms. The van der Waals surface area contributed by atoms with Gasteiger partial charge in [0.05, 0.1) is 20.3 Å². The molecule has 2 bridgehead atoms. The molecule has 8 heteroatoms. The first-order chi connectivity index (χ1) is 21.7. The largest absolute Gasteiger partial charge is 0.411 e. The lowest BCUT2D eigenvalue weighted by atomic mass is 9.89. The third kappa shape index (κ3) is 11.3. The second-order valence-corrected chi connectivity index (χ2v) is 39.3. The summed E-state index contributed by atoms with van der Waals surface area (Å²) in [6.07, 6.45) is 25.1. The van der Waals surface area contributed by atoms with Crippen LogP contribution in [0.4, 0.5) is 0 Å². The van der Waals surface area contributed by atoms with E-state index in [9.17, 15) is 0 Å². The van der Waals surface area contributed by atoms with Crippen LogP contribution in [0.25, 0.3) is 0 Å². The topological polar surface area (TPSA) is 27.7 Å². The zero-order valence-electron chi connectivity index (χ0n) is 32.5. The molecule has 0 aromatic heterocycles. The van der Waals surface area contributed by atoms with E-state index in [1.54, 1.807) is 62.4 Å². The minimum absolute atomic E-state index is 0.125. The Labute approximate surface area is 293 Å². The zero-order chi connectivity index (χ0) is 33.5. The van der Waals surface area contributed by atoms with E-state index in [1.165, 1.54) is 75.9 Å². The van der Waals surface area contributed by atoms with Gasteiger partial charge in [-0.15, -0.1) is 7.92 Å². The van der Waals surface area contributed by atoms with Gasteiger partial charge in [0.25, 0.3) is 0 Å². The molecule has 0 spiro atoms. The lowest BCUT2D eigenvalue weighted by Crippen LogP contribution is -2.61. The van der Waals surface area contributed by atoms with Gasteiger partial charge < -0.3 is 13.3 Å². The summed E-state index contributed by atoms with van der Waals surface area (Å²) >= 11 is 0. The molecule has 0 radical (unpaired) electrons. The summed E-state index contributed by atoms with van der Waals surface area (Å²) in [4.78, 5) is 0. The molecule has 0 aromatic rings. The van der Waals surface area contributed by atoms with E-state index in [0.29, 0.717) is 0 Å². The molecule has 4 fully saturated rings. The van der Waals surface area contributed by atoms with Crippen LogP contribution in [0.5, 0.6) is 0 Å². The summed E-state index contributed by atoms with van der Waals surface area (Å²) in [6.45, 7) is 22.2. The van der Waals surface area contributed by atoms with Crippen molar-refractivity contribution < 1.29 is 13.3 Å². The quantitative estimate of drug-likeness (QED) is 0.184. The first kappa shape index (κ1) is 40.0. The molecule has 0 amide bonds. The molecular formula is C38H79O3PSi4. The molecule has 0 aromatic carbocycles. The fourth-order valence-electron chi connectivity index (χ4n) is 10.6. The maximum atomic E-state index is 7.57. The van der Waals surface area contributed by atoms with Gasteiger partial charge in [-0.3, -0.25) is 0 Å².